The van der Waals surface area contributed by atoms with Crippen LogP contribution in [0.4, 0.5) is 11.9 Å². The van der Waals surface area contributed by atoms with Crippen LogP contribution < -0.4 is 15.4 Å². The summed E-state index contributed by atoms with van der Waals surface area (Å²) in [6.45, 7) is 2.83. The molecular weight excluding hydrogens is 222 g/mol. The van der Waals surface area contributed by atoms with Gasteiger partial charge in [-0.25, -0.2) is 0 Å². The van der Waals surface area contributed by atoms with Crippen molar-refractivity contribution in [2.45, 2.75) is 0 Å². The standard InChI is InChI=1S/C10H13N5O2/c1-2-5-17-10-13-8(11)12-9(14-10)15-3-6-16-7-4-15/h1H,3-7H2,(H2,11,12,13,14). The van der Waals surface area contributed by atoms with Gasteiger partial charge < -0.3 is 20.1 Å². The third-order valence-electron chi connectivity index (χ3n) is 2.20. The smallest absolute Gasteiger partial charge is 0.324 e. The SMILES string of the molecule is C#CCOc1nc(N)nc(N2CCOCC2)n1. The fraction of sp³-hybridized carbons (Fsp3) is 0.500. The van der Waals surface area contributed by atoms with Crippen LogP contribution in [-0.2, 0) is 4.74 Å². The van der Waals surface area contributed by atoms with Crippen LogP contribution in [0.5, 0.6) is 6.01 Å². The molecule has 0 radical (unpaired) electrons. The third kappa shape index (κ3) is 2.95. The number of hydrogen-bond donors (Lipinski definition) is 1. The number of ether oxygens (including phenoxy) is 2. The Balaban J connectivity index is 2.15. The van der Waals surface area contributed by atoms with Crippen LogP contribution in [0, 0.1) is 12.3 Å². The number of terminal acetylenes is 1. The van der Waals surface area contributed by atoms with Crippen LogP contribution in [0.3, 0.4) is 0 Å². The first kappa shape index (κ1) is 11.4. The Bertz CT molecular complexity index is 425. The van der Waals surface area contributed by atoms with Crippen molar-refractivity contribution in [2.75, 3.05) is 43.5 Å². The molecule has 0 atom stereocenters. The molecule has 1 aliphatic heterocycles. The fourth-order valence-electron chi connectivity index (χ4n) is 1.44. The van der Waals surface area contributed by atoms with Gasteiger partial charge in [0.05, 0.1) is 13.2 Å². The molecule has 0 saturated carbocycles. The lowest BCUT2D eigenvalue weighted by atomic mass is 10.4. The second kappa shape index (κ2) is 5.32. The zero-order valence-corrected chi connectivity index (χ0v) is 9.30. The summed E-state index contributed by atoms with van der Waals surface area (Å²) in [6, 6.07) is 0.150. The van der Waals surface area contributed by atoms with Crippen molar-refractivity contribution in [1.82, 2.24) is 15.0 Å². The van der Waals surface area contributed by atoms with E-state index in [0.717, 1.165) is 13.1 Å². The number of aromatic nitrogens is 3. The summed E-state index contributed by atoms with van der Waals surface area (Å²) in [5.41, 5.74) is 5.59. The van der Waals surface area contributed by atoms with Crippen molar-refractivity contribution in [3.8, 4) is 18.4 Å². The highest BCUT2D eigenvalue weighted by molar-refractivity contribution is 5.36. The van der Waals surface area contributed by atoms with Gasteiger partial charge in [0.2, 0.25) is 11.9 Å². The highest BCUT2D eigenvalue weighted by Crippen LogP contribution is 2.14. The molecule has 0 unspecified atom stereocenters. The van der Waals surface area contributed by atoms with Gasteiger partial charge in [-0.1, -0.05) is 5.92 Å². The number of nitrogens with two attached hydrogens (primary N) is 1. The normalized spacial score (nSPS) is 15.4. The van der Waals surface area contributed by atoms with Crippen molar-refractivity contribution in [3.05, 3.63) is 0 Å². The van der Waals surface area contributed by atoms with Crippen LogP contribution >= 0.6 is 0 Å². The fourth-order valence-corrected chi connectivity index (χ4v) is 1.44. The van der Waals surface area contributed by atoms with E-state index in [1.807, 2.05) is 4.90 Å². The molecule has 1 aromatic heterocycles. The molecule has 2 heterocycles. The summed E-state index contributed by atoms with van der Waals surface area (Å²) in [6.07, 6.45) is 5.09. The van der Waals surface area contributed by atoms with Crippen molar-refractivity contribution < 1.29 is 9.47 Å². The lowest BCUT2D eigenvalue weighted by molar-refractivity contribution is 0.122. The van der Waals surface area contributed by atoms with Gasteiger partial charge in [-0.2, -0.15) is 15.0 Å². The maximum absolute atomic E-state index is 5.59. The molecule has 7 heteroatoms. The average Bonchev–Trinajstić information content (AvgIpc) is 2.37. The Morgan fingerprint density at radius 2 is 2.12 bits per heavy atom. The van der Waals surface area contributed by atoms with E-state index in [1.165, 1.54) is 0 Å². The van der Waals surface area contributed by atoms with E-state index in [1.54, 1.807) is 0 Å². The number of nitrogen functional groups attached to an aromatic ring is 1. The minimum Gasteiger partial charge on any atom is -0.450 e. The molecular formula is C10H13N5O2. The van der Waals surface area contributed by atoms with Gasteiger partial charge in [0.15, 0.2) is 6.61 Å². The Kier molecular flexibility index (Phi) is 3.57. The Morgan fingerprint density at radius 1 is 1.35 bits per heavy atom. The van der Waals surface area contributed by atoms with Gasteiger partial charge in [0, 0.05) is 13.1 Å². The van der Waals surface area contributed by atoms with Gasteiger partial charge in [0.1, 0.15) is 0 Å². The Hall–Kier alpha value is -2.07. The number of anilines is 2. The van der Waals surface area contributed by atoms with Crippen LogP contribution in [-0.4, -0.2) is 47.9 Å². The largest absolute Gasteiger partial charge is 0.450 e. The second-order valence-corrected chi connectivity index (χ2v) is 3.37. The van der Waals surface area contributed by atoms with E-state index in [-0.39, 0.29) is 18.6 Å². The van der Waals surface area contributed by atoms with Crippen LogP contribution in [0.1, 0.15) is 0 Å². The van der Waals surface area contributed by atoms with E-state index in [9.17, 15) is 0 Å². The molecule has 17 heavy (non-hydrogen) atoms. The monoisotopic (exact) mass is 235 g/mol. The van der Waals surface area contributed by atoms with Gasteiger partial charge in [-0.05, 0) is 0 Å². The predicted molar refractivity (Wildman–Crippen MR) is 61.6 cm³/mol. The molecule has 0 amide bonds. The predicted octanol–water partition coefficient (Wildman–Crippen LogP) is -0.698. The number of hydrogen-bond acceptors (Lipinski definition) is 7. The number of morpholine rings is 1. The van der Waals surface area contributed by atoms with Crippen molar-refractivity contribution in [1.29, 1.82) is 0 Å². The van der Waals surface area contributed by atoms with E-state index in [2.05, 4.69) is 20.9 Å². The topological polar surface area (TPSA) is 86.4 Å². The molecule has 0 bridgehead atoms. The highest BCUT2D eigenvalue weighted by Gasteiger charge is 2.16. The van der Waals surface area contributed by atoms with Crippen LogP contribution in [0.2, 0.25) is 0 Å². The maximum atomic E-state index is 5.59. The van der Waals surface area contributed by atoms with E-state index >= 15 is 0 Å². The van der Waals surface area contributed by atoms with Crippen LogP contribution in [0.25, 0.3) is 0 Å². The summed E-state index contributed by atoms with van der Waals surface area (Å²) in [7, 11) is 0. The van der Waals surface area contributed by atoms with Gasteiger partial charge in [-0.15, -0.1) is 6.42 Å². The minimum absolute atomic E-state index is 0.103. The molecule has 1 aromatic rings. The number of nitrogens with zero attached hydrogens (tertiary/aromatic N) is 4. The third-order valence-corrected chi connectivity index (χ3v) is 2.20. The molecule has 0 aromatic carbocycles. The van der Waals surface area contributed by atoms with Gasteiger partial charge in [0.25, 0.3) is 0 Å². The Morgan fingerprint density at radius 3 is 2.82 bits per heavy atom. The second-order valence-electron chi connectivity index (χ2n) is 3.37. The quantitative estimate of drug-likeness (QED) is 0.693. The number of rotatable bonds is 3. The summed E-state index contributed by atoms with van der Waals surface area (Å²) in [4.78, 5) is 14.0. The molecule has 2 rings (SSSR count). The summed E-state index contributed by atoms with van der Waals surface area (Å²) >= 11 is 0. The summed E-state index contributed by atoms with van der Waals surface area (Å²) in [5, 5.41) is 0. The van der Waals surface area contributed by atoms with E-state index in [0.29, 0.717) is 19.2 Å². The minimum atomic E-state index is 0.103. The molecule has 1 fully saturated rings. The zero-order chi connectivity index (χ0) is 12.1. The molecule has 0 spiro atoms. The molecule has 2 N–H and O–H groups in total. The molecule has 1 saturated heterocycles. The summed E-state index contributed by atoms with van der Waals surface area (Å²) < 4.78 is 10.4. The zero-order valence-electron chi connectivity index (χ0n) is 9.30. The van der Waals surface area contributed by atoms with Gasteiger partial charge >= 0.3 is 6.01 Å². The molecule has 90 valence electrons. The summed E-state index contributed by atoms with van der Waals surface area (Å²) in [5.74, 6) is 2.95. The average molecular weight is 235 g/mol. The van der Waals surface area contributed by atoms with Crippen molar-refractivity contribution in [2.24, 2.45) is 0 Å². The highest BCUT2D eigenvalue weighted by atomic mass is 16.5. The van der Waals surface area contributed by atoms with Gasteiger partial charge in [-0.3, -0.25) is 0 Å². The first-order chi connectivity index (χ1) is 8.29. The Labute approximate surface area is 99.0 Å². The van der Waals surface area contributed by atoms with Crippen LogP contribution in [0.15, 0.2) is 0 Å². The first-order valence-electron chi connectivity index (χ1n) is 5.20. The van der Waals surface area contributed by atoms with E-state index in [4.69, 9.17) is 21.6 Å². The molecule has 0 aliphatic carbocycles. The lowest BCUT2D eigenvalue weighted by Gasteiger charge is -2.26. The first-order valence-corrected chi connectivity index (χ1v) is 5.20. The van der Waals surface area contributed by atoms with Crippen molar-refractivity contribution in [3.63, 3.8) is 0 Å². The maximum Gasteiger partial charge on any atom is 0.324 e. The molecule has 7 nitrogen and oxygen atoms in total. The van der Waals surface area contributed by atoms with Crippen molar-refractivity contribution >= 4 is 11.9 Å². The lowest BCUT2D eigenvalue weighted by Crippen LogP contribution is -2.37. The molecule has 1 aliphatic rings. The van der Waals surface area contributed by atoms with E-state index < -0.39 is 0 Å².